The van der Waals surface area contributed by atoms with Gasteiger partial charge in [-0.1, -0.05) is 32.4 Å². The Hall–Kier alpha value is -0.830. The summed E-state index contributed by atoms with van der Waals surface area (Å²) in [5, 5.41) is 7.21. The van der Waals surface area contributed by atoms with Gasteiger partial charge in [-0.05, 0) is 50.3 Å². The SMILES string of the molecule is CCCOc1cccc(CN=C(NCC)NC2CCCC(S(=O)CC)C2)c1.I. The van der Waals surface area contributed by atoms with Crippen LogP contribution in [0.3, 0.4) is 0 Å². The van der Waals surface area contributed by atoms with Crippen molar-refractivity contribution in [1.82, 2.24) is 10.6 Å². The molecule has 28 heavy (non-hydrogen) atoms. The van der Waals surface area contributed by atoms with Gasteiger partial charge in [0.2, 0.25) is 0 Å². The van der Waals surface area contributed by atoms with Gasteiger partial charge in [-0.3, -0.25) is 4.21 Å². The van der Waals surface area contributed by atoms with E-state index in [-0.39, 0.29) is 24.0 Å². The minimum Gasteiger partial charge on any atom is -0.494 e. The molecule has 1 aromatic carbocycles. The molecular weight excluding hydrogens is 485 g/mol. The quantitative estimate of drug-likeness (QED) is 0.290. The minimum atomic E-state index is -0.706. The molecule has 1 aliphatic rings. The Balaban J connectivity index is 0.00000392. The Morgan fingerprint density at radius 2 is 2.11 bits per heavy atom. The number of guanidine groups is 1. The van der Waals surface area contributed by atoms with Gasteiger partial charge in [0, 0.05) is 34.4 Å². The first-order valence-corrected chi connectivity index (χ1v) is 11.7. The third-order valence-electron chi connectivity index (χ3n) is 4.76. The van der Waals surface area contributed by atoms with Crippen molar-refractivity contribution in [2.24, 2.45) is 4.99 Å². The highest BCUT2D eigenvalue weighted by atomic mass is 127. The van der Waals surface area contributed by atoms with Gasteiger partial charge in [-0.15, -0.1) is 24.0 Å². The summed E-state index contributed by atoms with van der Waals surface area (Å²) in [5.41, 5.74) is 1.13. The molecule has 0 aromatic heterocycles. The summed E-state index contributed by atoms with van der Waals surface area (Å²) in [6, 6.07) is 8.48. The van der Waals surface area contributed by atoms with Crippen molar-refractivity contribution >= 4 is 40.7 Å². The average Bonchev–Trinajstić information content (AvgIpc) is 2.70. The molecule has 3 unspecified atom stereocenters. The highest BCUT2D eigenvalue weighted by Crippen LogP contribution is 2.23. The number of hydrogen-bond acceptors (Lipinski definition) is 3. The average molecular weight is 522 g/mol. The van der Waals surface area contributed by atoms with Crippen LogP contribution >= 0.6 is 24.0 Å². The van der Waals surface area contributed by atoms with E-state index in [0.29, 0.717) is 17.8 Å². The number of nitrogens with one attached hydrogen (secondary N) is 2. The molecule has 2 rings (SSSR count). The molecule has 0 aliphatic heterocycles. The van der Waals surface area contributed by atoms with Crippen LogP contribution in [0.2, 0.25) is 0 Å². The van der Waals surface area contributed by atoms with Crippen LogP contribution in [0.25, 0.3) is 0 Å². The van der Waals surface area contributed by atoms with Crippen molar-refractivity contribution in [2.75, 3.05) is 18.9 Å². The van der Waals surface area contributed by atoms with Crippen molar-refractivity contribution in [3.63, 3.8) is 0 Å². The first-order valence-electron chi connectivity index (χ1n) is 10.3. The van der Waals surface area contributed by atoms with E-state index in [1.54, 1.807) is 0 Å². The van der Waals surface area contributed by atoms with E-state index in [1.165, 1.54) is 0 Å². The van der Waals surface area contributed by atoms with Gasteiger partial charge in [-0.2, -0.15) is 0 Å². The van der Waals surface area contributed by atoms with Gasteiger partial charge in [0.05, 0.1) is 13.2 Å². The Kier molecular flexibility index (Phi) is 12.8. The van der Waals surface area contributed by atoms with Gasteiger partial charge in [0.1, 0.15) is 5.75 Å². The molecule has 2 N–H and O–H groups in total. The van der Waals surface area contributed by atoms with Gasteiger partial charge < -0.3 is 15.4 Å². The lowest BCUT2D eigenvalue weighted by atomic mass is 9.95. The zero-order chi connectivity index (χ0) is 19.5. The number of aliphatic imine (C=N–C) groups is 1. The summed E-state index contributed by atoms with van der Waals surface area (Å²) in [4.78, 5) is 4.75. The maximum absolute atomic E-state index is 12.2. The summed E-state index contributed by atoms with van der Waals surface area (Å²) in [7, 11) is -0.706. The number of ether oxygens (including phenoxy) is 1. The second-order valence-electron chi connectivity index (χ2n) is 6.99. The molecule has 1 fully saturated rings. The van der Waals surface area contributed by atoms with Crippen molar-refractivity contribution in [3.8, 4) is 5.75 Å². The fourth-order valence-electron chi connectivity index (χ4n) is 3.39. The smallest absolute Gasteiger partial charge is 0.191 e. The van der Waals surface area contributed by atoms with Crippen LogP contribution in [0.4, 0.5) is 0 Å². The molecule has 1 aromatic rings. The van der Waals surface area contributed by atoms with Crippen molar-refractivity contribution in [3.05, 3.63) is 29.8 Å². The molecule has 1 saturated carbocycles. The standard InChI is InChI=1S/C21H35N3O2S.HI/c1-4-13-26-19-11-7-9-17(14-19)16-23-21(22-5-2)24-18-10-8-12-20(15-18)27(25)6-3;/h7,9,11,14,18,20H,4-6,8,10,12-13,15-16H2,1-3H3,(H2,22,23,24);1H. The van der Waals surface area contributed by atoms with E-state index in [0.717, 1.165) is 68.3 Å². The number of benzene rings is 1. The maximum Gasteiger partial charge on any atom is 0.191 e. The summed E-state index contributed by atoms with van der Waals surface area (Å²) < 4.78 is 17.9. The molecule has 0 spiro atoms. The highest BCUT2D eigenvalue weighted by Gasteiger charge is 2.26. The van der Waals surface area contributed by atoms with Gasteiger partial charge in [0.25, 0.3) is 0 Å². The molecule has 3 atom stereocenters. The normalized spacial score (nSPS) is 20.8. The molecule has 0 bridgehead atoms. The lowest BCUT2D eigenvalue weighted by molar-refractivity contribution is 0.317. The highest BCUT2D eigenvalue weighted by molar-refractivity contribution is 14.0. The van der Waals surface area contributed by atoms with Crippen LogP contribution in [0, 0.1) is 0 Å². The Morgan fingerprint density at radius 1 is 1.29 bits per heavy atom. The molecule has 0 amide bonds. The number of hydrogen-bond donors (Lipinski definition) is 2. The van der Waals surface area contributed by atoms with Gasteiger partial charge in [-0.25, -0.2) is 4.99 Å². The molecule has 160 valence electrons. The summed E-state index contributed by atoms with van der Waals surface area (Å²) in [5.74, 6) is 2.49. The molecule has 0 saturated heterocycles. The minimum absolute atomic E-state index is 0. The first-order chi connectivity index (χ1) is 13.2. The topological polar surface area (TPSA) is 62.7 Å². The Morgan fingerprint density at radius 3 is 2.82 bits per heavy atom. The van der Waals surface area contributed by atoms with Crippen LogP contribution in [0.5, 0.6) is 5.75 Å². The van der Waals surface area contributed by atoms with E-state index in [9.17, 15) is 4.21 Å². The summed E-state index contributed by atoms with van der Waals surface area (Å²) in [6.07, 6.45) is 5.29. The van der Waals surface area contributed by atoms with Crippen LogP contribution in [-0.2, 0) is 17.3 Å². The van der Waals surface area contributed by atoms with E-state index in [2.05, 4.69) is 36.6 Å². The molecule has 0 heterocycles. The van der Waals surface area contributed by atoms with Gasteiger partial charge >= 0.3 is 0 Å². The maximum atomic E-state index is 12.2. The summed E-state index contributed by atoms with van der Waals surface area (Å²) >= 11 is 0. The Labute approximate surface area is 190 Å². The van der Waals surface area contributed by atoms with E-state index >= 15 is 0 Å². The van der Waals surface area contributed by atoms with Gasteiger partial charge in [0.15, 0.2) is 5.96 Å². The van der Waals surface area contributed by atoms with E-state index in [1.807, 2.05) is 19.1 Å². The predicted octanol–water partition coefficient (Wildman–Crippen LogP) is 4.23. The fourth-order valence-corrected chi connectivity index (χ4v) is 4.74. The number of halogens is 1. The van der Waals surface area contributed by atoms with E-state index in [4.69, 9.17) is 9.73 Å². The van der Waals surface area contributed by atoms with Crippen LogP contribution in [0.1, 0.15) is 58.4 Å². The monoisotopic (exact) mass is 521 g/mol. The molecule has 7 heteroatoms. The molecule has 1 aliphatic carbocycles. The third-order valence-corrected chi connectivity index (χ3v) is 6.50. The summed E-state index contributed by atoms with van der Waals surface area (Å²) in [6.45, 7) is 8.36. The van der Waals surface area contributed by atoms with Crippen LogP contribution in [-0.4, -0.2) is 40.4 Å². The third kappa shape index (κ3) is 8.68. The van der Waals surface area contributed by atoms with Crippen molar-refractivity contribution < 1.29 is 8.95 Å². The number of nitrogens with zero attached hydrogens (tertiary/aromatic N) is 1. The van der Waals surface area contributed by atoms with Crippen molar-refractivity contribution in [1.29, 1.82) is 0 Å². The lowest BCUT2D eigenvalue weighted by Crippen LogP contribution is -2.46. The molecule has 5 nitrogen and oxygen atoms in total. The second-order valence-corrected chi connectivity index (χ2v) is 9.00. The van der Waals surface area contributed by atoms with Crippen LogP contribution < -0.4 is 15.4 Å². The lowest BCUT2D eigenvalue weighted by Gasteiger charge is -2.30. The fraction of sp³-hybridized carbons (Fsp3) is 0.667. The van der Waals surface area contributed by atoms with E-state index < -0.39 is 10.8 Å². The molecule has 0 radical (unpaired) electrons. The molecular formula is C21H36IN3O2S. The second kappa shape index (κ2) is 14.2. The zero-order valence-corrected chi connectivity index (χ0v) is 20.6. The Bertz CT molecular complexity index is 627. The van der Waals surface area contributed by atoms with Crippen molar-refractivity contribution in [2.45, 2.75) is 70.7 Å². The predicted molar refractivity (Wildman–Crippen MR) is 130 cm³/mol. The largest absolute Gasteiger partial charge is 0.494 e. The zero-order valence-electron chi connectivity index (χ0n) is 17.4. The number of rotatable bonds is 9. The van der Waals surface area contributed by atoms with Crippen LogP contribution in [0.15, 0.2) is 29.3 Å². The first kappa shape index (κ1) is 25.2.